The first-order valence-electron chi connectivity index (χ1n) is 9.42. The zero-order valence-electron chi connectivity index (χ0n) is 16.3. The predicted molar refractivity (Wildman–Crippen MR) is 112 cm³/mol. The number of carbonyl (C=O) groups is 3. The van der Waals surface area contributed by atoms with E-state index in [4.69, 9.17) is 16.1 Å². The molecule has 0 radical (unpaired) electrons. The molecule has 0 spiro atoms. The summed E-state index contributed by atoms with van der Waals surface area (Å²) in [5.41, 5.74) is 1.07. The predicted octanol–water partition coefficient (Wildman–Crippen LogP) is 1.20. The Morgan fingerprint density at radius 2 is 1.97 bits per heavy atom. The number of anilines is 1. The molecule has 4 amide bonds. The van der Waals surface area contributed by atoms with Gasteiger partial charge in [-0.15, -0.1) is 0 Å². The monoisotopic (exact) mass is 420 g/mol. The van der Waals surface area contributed by atoms with Crippen molar-refractivity contribution in [2.24, 2.45) is 5.90 Å². The lowest BCUT2D eigenvalue weighted by Gasteiger charge is -2.31. The molecule has 10 heteroatoms. The largest absolute Gasteiger partial charge is 0.412 e. The zero-order valence-corrected chi connectivity index (χ0v) is 16.3. The Kier molecular flexibility index (Phi) is 5.14. The van der Waals surface area contributed by atoms with E-state index in [9.17, 15) is 14.4 Å². The fourth-order valence-corrected chi connectivity index (χ4v) is 3.77. The van der Waals surface area contributed by atoms with E-state index in [1.807, 2.05) is 0 Å². The van der Waals surface area contributed by atoms with Crippen molar-refractivity contribution >= 4 is 29.7 Å². The first-order valence-corrected chi connectivity index (χ1v) is 9.42. The quantitative estimate of drug-likeness (QED) is 0.258. The lowest BCUT2D eigenvalue weighted by Crippen LogP contribution is -2.52. The highest BCUT2D eigenvalue weighted by atomic mass is 16.6. The van der Waals surface area contributed by atoms with Crippen LogP contribution in [0.5, 0.6) is 5.75 Å². The minimum atomic E-state index is -1.43. The van der Waals surface area contributed by atoms with Gasteiger partial charge in [0.05, 0.1) is 6.54 Å². The molecule has 2 aromatic rings. The van der Waals surface area contributed by atoms with E-state index in [1.54, 1.807) is 48.7 Å². The second-order valence-corrected chi connectivity index (χ2v) is 7.16. The molecule has 0 bridgehead atoms. The number of fused-ring (bicyclic) bond motifs is 1. The van der Waals surface area contributed by atoms with Gasteiger partial charge in [0.25, 0.3) is 11.8 Å². The molecule has 0 unspecified atom stereocenters. The first kappa shape index (κ1) is 20.1. The highest BCUT2D eigenvalue weighted by molar-refractivity contribution is 6.08. The summed E-state index contributed by atoms with van der Waals surface area (Å²) in [7, 11) is 0. The van der Waals surface area contributed by atoms with Crippen LogP contribution in [0.2, 0.25) is 0 Å². The average Bonchev–Trinajstić information content (AvgIpc) is 3.24. The standard InChI is InChI=1S/C21H20N6O4/c22-8-1-9-24-15-5-3-14(4-6-15)21(19(29)25-20(30)26-21)12-27-11-13-2-7-16(31-23)10-17(13)18(27)28/h1-10,22,24H,11-12,23H2,(H2,25,26,29,30)/b9-1-,22-8?/t21-/m0/s1. The molecule has 4 rings (SSSR count). The van der Waals surface area contributed by atoms with Gasteiger partial charge in [-0.2, -0.15) is 5.90 Å². The molecule has 2 heterocycles. The van der Waals surface area contributed by atoms with E-state index in [0.717, 1.165) is 17.5 Å². The first-order chi connectivity index (χ1) is 15.0. The van der Waals surface area contributed by atoms with Crippen LogP contribution in [-0.2, 0) is 16.9 Å². The summed E-state index contributed by atoms with van der Waals surface area (Å²) in [5, 5.41) is 15.0. The van der Waals surface area contributed by atoms with Crippen LogP contribution >= 0.6 is 0 Å². The summed E-state index contributed by atoms with van der Waals surface area (Å²) in [5.74, 6) is 4.74. The molecule has 0 aliphatic carbocycles. The number of nitrogens with one attached hydrogen (secondary N) is 4. The smallest absolute Gasteiger partial charge is 0.322 e. The number of rotatable bonds is 7. The normalized spacial score (nSPS) is 19.9. The molecule has 158 valence electrons. The summed E-state index contributed by atoms with van der Waals surface area (Å²) in [6, 6.07) is 11.2. The number of urea groups is 1. The summed E-state index contributed by atoms with van der Waals surface area (Å²) in [6.45, 7) is 0.245. The topological polar surface area (TPSA) is 150 Å². The third kappa shape index (κ3) is 3.60. The number of allylic oxidation sites excluding steroid dienone is 1. The number of benzene rings is 2. The van der Waals surface area contributed by atoms with Crippen LogP contribution in [0.25, 0.3) is 0 Å². The second-order valence-electron chi connectivity index (χ2n) is 7.16. The van der Waals surface area contributed by atoms with Gasteiger partial charge in [0.15, 0.2) is 5.54 Å². The van der Waals surface area contributed by atoms with Crippen LogP contribution in [0.1, 0.15) is 21.5 Å². The second kappa shape index (κ2) is 7.92. The van der Waals surface area contributed by atoms with Crippen molar-refractivity contribution in [2.45, 2.75) is 12.1 Å². The average molecular weight is 420 g/mol. The summed E-state index contributed by atoms with van der Waals surface area (Å²) in [4.78, 5) is 44.1. The molecule has 2 aliphatic heterocycles. The molecule has 10 nitrogen and oxygen atoms in total. The fraction of sp³-hybridized carbons (Fsp3) is 0.143. The van der Waals surface area contributed by atoms with Crippen LogP contribution in [0.15, 0.2) is 54.7 Å². The van der Waals surface area contributed by atoms with Gasteiger partial charge in [-0.3, -0.25) is 14.9 Å². The van der Waals surface area contributed by atoms with Gasteiger partial charge in [0.1, 0.15) is 5.75 Å². The van der Waals surface area contributed by atoms with Crippen molar-refractivity contribution in [1.82, 2.24) is 15.5 Å². The minimum absolute atomic E-state index is 0.0443. The number of amides is 4. The molecule has 6 N–H and O–H groups in total. The van der Waals surface area contributed by atoms with Gasteiger partial charge < -0.3 is 25.8 Å². The van der Waals surface area contributed by atoms with Crippen LogP contribution in [0.4, 0.5) is 10.5 Å². The third-order valence-electron chi connectivity index (χ3n) is 5.29. The molecule has 0 aromatic heterocycles. The van der Waals surface area contributed by atoms with Crippen LogP contribution in [-0.4, -0.2) is 35.5 Å². The van der Waals surface area contributed by atoms with Crippen LogP contribution in [0, 0.1) is 5.41 Å². The zero-order chi connectivity index (χ0) is 22.0. The third-order valence-corrected chi connectivity index (χ3v) is 5.29. The Balaban J connectivity index is 1.63. The minimum Gasteiger partial charge on any atom is -0.412 e. The SMILES string of the molecule is N=C/C=C\Nc1ccc([C@]2(CN3Cc4ccc(ON)cc4C3=O)NC(=O)NC2=O)cc1. The molecule has 2 aliphatic rings. The van der Waals surface area contributed by atoms with E-state index >= 15 is 0 Å². The van der Waals surface area contributed by atoms with E-state index < -0.39 is 17.5 Å². The maximum Gasteiger partial charge on any atom is 0.322 e. The van der Waals surface area contributed by atoms with Gasteiger partial charge in [0, 0.05) is 30.2 Å². The van der Waals surface area contributed by atoms with E-state index in [2.05, 4.69) is 16.0 Å². The van der Waals surface area contributed by atoms with Gasteiger partial charge in [0.2, 0.25) is 0 Å². The Labute approximate surface area is 177 Å². The number of imide groups is 1. The van der Waals surface area contributed by atoms with Gasteiger partial charge in [-0.25, -0.2) is 4.79 Å². The van der Waals surface area contributed by atoms with Crippen LogP contribution in [0.3, 0.4) is 0 Å². The maximum absolute atomic E-state index is 13.0. The van der Waals surface area contributed by atoms with Gasteiger partial charge in [-0.05, 0) is 41.5 Å². The van der Waals surface area contributed by atoms with Crippen LogP contribution < -0.4 is 26.7 Å². The molecular formula is C21H20N6O4. The highest BCUT2D eigenvalue weighted by Crippen LogP contribution is 2.32. The number of hydrogen-bond acceptors (Lipinski definition) is 7. The maximum atomic E-state index is 13.0. The molecule has 0 saturated carbocycles. The van der Waals surface area contributed by atoms with E-state index in [1.165, 1.54) is 11.0 Å². The van der Waals surface area contributed by atoms with Crippen molar-refractivity contribution in [1.29, 1.82) is 5.41 Å². The summed E-state index contributed by atoms with van der Waals surface area (Å²) in [6.07, 6.45) is 4.27. The number of hydrogen-bond donors (Lipinski definition) is 5. The fourth-order valence-electron chi connectivity index (χ4n) is 3.77. The molecular weight excluding hydrogens is 400 g/mol. The summed E-state index contributed by atoms with van der Waals surface area (Å²) < 4.78 is 0. The Morgan fingerprint density at radius 3 is 2.61 bits per heavy atom. The number of nitrogens with zero attached hydrogens (tertiary/aromatic N) is 1. The van der Waals surface area contributed by atoms with E-state index in [-0.39, 0.29) is 19.0 Å². The Bertz CT molecular complexity index is 1100. The lowest BCUT2D eigenvalue weighted by molar-refractivity contribution is -0.124. The number of carbonyl (C=O) groups excluding carboxylic acids is 3. The molecule has 2 aromatic carbocycles. The molecule has 1 saturated heterocycles. The Morgan fingerprint density at radius 1 is 1.19 bits per heavy atom. The van der Waals surface area contributed by atoms with Gasteiger partial charge in [-0.1, -0.05) is 18.2 Å². The number of nitrogens with two attached hydrogens (primary N) is 1. The van der Waals surface area contributed by atoms with Crippen molar-refractivity contribution in [3.63, 3.8) is 0 Å². The van der Waals surface area contributed by atoms with Crippen molar-refractivity contribution in [2.75, 3.05) is 11.9 Å². The van der Waals surface area contributed by atoms with Gasteiger partial charge >= 0.3 is 6.03 Å². The van der Waals surface area contributed by atoms with E-state index in [0.29, 0.717) is 16.9 Å². The molecule has 31 heavy (non-hydrogen) atoms. The van der Waals surface area contributed by atoms with Crippen molar-refractivity contribution < 1.29 is 19.2 Å². The van der Waals surface area contributed by atoms with Crippen molar-refractivity contribution in [3.05, 3.63) is 71.4 Å². The molecule has 1 fully saturated rings. The Hall–Kier alpha value is -4.18. The highest BCUT2D eigenvalue weighted by Gasteiger charge is 2.50. The van der Waals surface area contributed by atoms with Crippen molar-refractivity contribution in [3.8, 4) is 5.75 Å². The summed E-state index contributed by atoms with van der Waals surface area (Å²) >= 11 is 0. The lowest BCUT2D eigenvalue weighted by atomic mass is 9.89. The molecule has 1 atom stereocenters.